The highest BCUT2D eigenvalue weighted by Crippen LogP contribution is 2.33. The number of para-hydroxylation sites is 1. The van der Waals surface area contributed by atoms with Crippen molar-refractivity contribution in [2.24, 2.45) is 0 Å². The molecule has 98 valence electrons. The summed E-state index contributed by atoms with van der Waals surface area (Å²) in [5.41, 5.74) is 8.61. The first kappa shape index (κ1) is 11.7. The molecule has 0 aromatic heterocycles. The summed E-state index contributed by atoms with van der Waals surface area (Å²) in [4.78, 5) is 0. The van der Waals surface area contributed by atoms with Crippen LogP contribution in [0, 0.1) is 6.92 Å². The van der Waals surface area contributed by atoms with Gasteiger partial charge in [-0.15, -0.1) is 0 Å². The molecule has 2 aromatic rings. The van der Waals surface area contributed by atoms with Gasteiger partial charge in [0.15, 0.2) is 11.5 Å². The van der Waals surface area contributed by atoms with Crippen LogP contribution >= 0.6 is 0 Å². The minimum atomic E-state index is 0.282. The number of anilines is 1. The third-order valence-electron chi connectivity index (χ3n) is 3.06. The van der Waals surface area contributed by atoms with Crippen molar-refractivity contribution < 1.29 is 14.2 Å². The van der Waals surface area contributed by atoms with Crippen molar-refractivity contribution in [2.75, 3.05) is 12.5 Å². The highest BCUT2D eigenvalue weighted by Gasteiger charge is 2.13. The largest absolute Gasteiger partial charge is 0.486 e. The first-order valence-corrected chi connectivity index (χ1v) is 6.10. The second-order valence-corrected chi connectivity index (χ2v) is 4.47. The summed E-state index contributed by atoms with van der Waals surface area (Å²) < 4.78 is 16.4. The zero-order valence-electron chi connectivity index (χ0n) is 10.7. The highest BCUT2D eigenvalue weighted by molar-refractivity contribution is 5.56. The second-order valence-electron chi connectivity index (χ2n) is 4.47. The molecule has 0 atom stereocenters. The van der Waals surface area contributed by atoms with Crippen molar-refractivity contribution in [3.8, 4) is 17.2 Å². The molecule has 0 saturated carbocycles. The first-order valence-electron chi connectivity index (χ1n) is 6.10. The lowest BCUT2D eigenvalue weighted by molar-refractivity contribution is 0.174. The molecule has 4 heteroatoms. The lowest BCUT2D eigenvalue weighted by Crippen LogP contribution is -2.00. The van der Waals surface area contributed by atoms with E-state index in [0.29, 0.717) is 12.3 Å². The van der Waals surface area contributed by atoms with Crippen LogP contribution in [0.2, 0.25) is 0 Å². The fourth-order valence-electron chi connectivity index (χ4n) is 2.06. The fourth-order valence-corrected chi connectivity index (χ4v) is 2.06. The molecule has 1 aliphatic rings. The molecule has 19 heavy (non-hydrogen) atoms. The Hall–Kier alpha value is -2.36. The summed E-state index contributed by atoms with van der Waals surface area (Å²) in [6, 6.07) is 11.5. The van der Waals surface area contributed by atoms with Gasteiger partial charge in [0.25, 0.3) is 0 Å². The predicted octanol–water partition coefficient (Wildman–Crippen LogP) is 2.88. The third-order valence-corrected chi connectivity index (χ3v) is 3.06. The molecule has 0 aliphatic carbocycles. The van der Waals surface area contributed by atoms with Crippen molar-refractivity contribution in [3.63, 3.8) is 0 Å². The number of hydrogen-bond acceptors (Lipinski definition) is 4. The molecule has 2 N–H and O–H groups in total. The van der Waals surface area contributed by atoms with E-state index in [1.807, 2.05) is 43.3 Å². The molecule has 1 heterocycles. The zero-order chi connectivity index (χ0) is 13.2. The number of ether oxygens (including phenoxy) is 3. The Morgan fingerprint density at radius 3 is 2.84 bits per heavy atom. The zero-order valence-corrected chi connectivity index (χ0v) is 10.7. The van der Waals surface area contributed by atoms with Crippen molar-refractivity contribution in [1.82, 2.24) is 0 Å². The van der Waals surface area contributed by atoms with Crippen molar-refractivity contribution >= 4 is 5.69 Å². The Kier molecular flexibility index (Phi) is 2.91. The van der Waals surface area contributed by atoms with Crippen molar-refractivity contribution in [3.05, 3.63) is 47.5 Å². The van der Waals surface area contributed by atoms with Crippen LogP contribution < -0.4 is 19.9 Å². The van der Waals surface area contributed by atoms with Crippen LogP contribution in [-0.4, -0.2) is 6.79 Å². The molecule has 3 rings (SSSR count). The Labute approximate surface area is 111 Å². The first-order chi connectivity index (χ1) is 9.24. The average Bonchev–Trinajstić information content (AvgIpc) is 2.85. The Morgan fingerprint density at radius 2 is 2.00 bits per heavy atom. The molecule has 0 bridgehead atoms. The van der Waals surface area contributed by atoms with Gasteiger partial charge in [-0.1, -0.05) is 18.2 Å². The maximum atomic E-state index is 5.91. The number of nitrogens with two attached hydrogens (primary N) is 1. The van der Waals surface area contributed by atoms with Crippen molar-refractivity contribution in [1.29, 1.82) is 0 Å². The second kappa shape index (κ2) is 4.72. The molecule has 4 nitrogen and oxygen atoms in total. The lowest BCUT2D eigenvalue weighted by atomic mass is 10.2. The number of aryl methyl sites for hydroxylation is 1. The smallest absolute Gasteiger partial charge is 0.231 e. The van der Waals surface area contributed by atoms with E-state index in [9.17, 15) is 0 Å². The summed E-state index contributed by atoms with van der Waals surface area (Å²) in [6.07, 6.45) is 0. The minimum absolute atomic E-state index is 0.282. The Balaban J connectivity index is 1.76. The van der Waals surface area contributed by atoms with Gasteiger partial charge in [-0.2, -0.15) is 0 Å². The number of hydrogen-bond donors (Lipinski definition) is 1. The fraction of sp³-hybridized carbons (Fsp3) is 0.200. The van der Waals surface area contributed by atoms with Gasteiger partial charge in [0.2, 0.25) is 6.79 Å². The normalized spacial score (nSPS) is 12.5. The van der Waals surface area contributed by atoms with Gasteiger partial charge in [-0.05, 0) is 36.2 Å². The number of nitrogen functional groups attached to an aromatic ring is 1. The van der Waals surface area contributed by atoms with E-state index in [2.05, 4.69) is 0 Å². The van der Waals surface area contributed by atoms with Crippen LogP contribution in [-0.2, 0) is 6.61 Å². The van der Waals surface area contributed by atoms with Crippen LogP contribution in [0.3, 0.4) is 0 Å². The van der Waals surface area contributed by atoms with Gasteiger partial charge >= 0.3 is 0 Å². The van der Waals surface area contributed by atoms with E-state index >= 15 is 0 Å². The molecule has 0 amide bonds. The molecular weight excluding hydrogens is 242 g/mol. The van der Waals surface area contributed by atoms with Gasteiger partial charge in [-0.3, -0.25) is 0 Å². The van der Waals surface area contributed by atoms with Crippen LogP contribution in [0.5, 0.6) is 17.2 Å². The monoisotopic (exact) mass is 257 g/mol. The molecule has 1 aliphatic heterocycles. The minimum Gasteiger partial charge on any atom is -0.486 e. The SMILES string of the molecule is Cc1cccc(N)c1OCc1ccc2c(c1)OCO2. The lowest BCUT2D eigenvalue weighted by Gasteiger charge is -2.11. The summed E-state index contributed by atoms with van der Waals surface area (Å²) in [5, 5.41) is 0. The predicted molar refractivity (Wildman–Crippen MR) is 72.5 cm³/mol. The molecule has 0 unspecified atom stereocenters. The molecular formula is C15H15NO3. The standard InChI is InChI=1S/C15H15NO3/c1-10-3-2-4-12(16)15(10)17-8-11-5-6-13-14(7-11)19-9-18-13/h2-7H,8-9,16H2,1H3. The van der Waals surface area contributed by atoms with E-state index < -0.39 is 0 Å². The Morgan fingerprint density at radius 1 is 1.16 bits per heavy atom. The molecule has 0 saturated heterocycles. The number of benzene rings is 2. The van der Waals surface area contributed by atoms with E-state index in [4.69, 9.17) is 19.9 Å². The Bertz CT molecular complexity index is 590. The molecule has 0 radical (unpaired) electrons. The summed E-state index contributed by atoms with van der Waals surface area (Å²) in [6.45, 7) is 2.71. The summed E-state index contributed by atoms with van der Waals surface area (Å²) >= 11 is 0. The van der Waals surface area contributed by atoms with Crippen LogP contribution in [0.1, 0.15) is 11.1 Å². The number of rotatable bonds is 3. The number of fused-ring (bicyclic) bond motifs is 1. The molecule has 0 spiro atoms. The maximum Gasteiger partial charge on any atom is 0.231 e. The quantitative estimate of drug-likeness (QED) is 0.859. The van der Waals surface area contributed by atoms with Gasteiger partial charge in [0.05, 0.1) is 5.69 Å². The highest BCUT2D eigenvalue weighted by atomic mass is 16.7. The maximum absolute atomic E-state index is 5.91. The van der Waals surface area contributed by atoms with E-state index in [1.54, 1.807) is 0 Å². The average molecular weight is 257 g/mol. The third kappa shape index (κ3) is 2.29. The molecule has 2 aromatic carbocycles. The van der Waals surface area contributed by atoms with Gasteiger partial charge in [0.1, 0.15) is 12.4 Å². The van der Waals surface area contributed by atoms with Crippen LogP contribution in [0.15, 0.2) is 36.4 Å². The van der Waals surface area contributed by atoms with Gasteiger partial charge in [-0.25, -0.2) is 0 Å². The van der Waals surface area contributed by atoms with E-state index in [-0.39, 0.29) is 6.79 Å². The van der Waals surface area contributed by atoms with Gasteiger partial charge < -0.3 is 19.9 Å². The van der Waals surface area contributed by atoms with Gasteiger partial charge in [0, 0.05) is 0 Å². The summed E-state index contributed by atoms with van der Waals surface area (Å²) in [5.74, 6) is 2.28. The van der Waals surface area contributed by atoms with E-state index in [1.165, 1.54) is 0 Å². The van der Waals surface area contributed by atoms with Crippen LogP contribution in [0.25, 0.3) is 0 Å². The molecule has 0 fully saturated rings. The van der Waals surface area contributed by atoms with E-state index in [0.717, 1.165) is 28.4 Å². The summed E-state index contributed by atoms with van der Waals surface area (Å²) in [7, 11) is 0. The van der Waals surface area contributed by atoms with Crippen LogP contribution in [0.4, 0.5) is 5.69 Å². The van der Waals surface area contributed by atoms with Crippen molar-refractivity contribution in [2.45, 2.75) is 13.5 Å². The topological polar surface area (TPSA) is 53.7 Å².